The van der Waals surface area contributed by atoms with Crippen molar-refractivity contribution >= 4 is 28.4 Å². The van der Waals surface area contributed by atoms with E-state index in [1.54, 1.807) is 21.9 Å². The number of fused-ring (bicyclic) bond motifs is 2. The maximum Gasteiger partial charge on any atom is 0.255 e. The monoisotopic (exact) mass is 558 g/mol. The van der Waals surface area contributed by atoms with Gasteiger partial charge >= 0.3 is 0 Å². The Hall–Kier alpha value is -4.91. The van der Waals surface area contributed by atoms with Crippen molar-refractivity contribution in [3.8, 4) is 11.3 Å². The summed E-state index contributed by atoms with van der Waals surface area (Å²) in [7, 11) is 2.06. The van der Waals surface area contributed by atoms with Crippen LogP contribution in [0.15, 0.2) is 103 Å². The van der Waals surface area contributed by atoms with Crippen LogP contribution in [0.25, 0.3) is 22.2 Å². The number of benzene rings is 4. The molecule has 1 saturated heterocycles. The Bertz CT molecular complexity index is 1810. The van der Waals surface area contributed by atoms with E-state index in [1.165, 1.54) is 6.07 Å². The van der Waals surface area contributed by atoms with Crippen LogP contribution in [0.4, 0.5) is 10.1 Å². The number of piperazine rings is 1. The number of carbonyl (C=O) groups is 2. The fourth-order valence-electron chi connectivity index (χ4n) is 6.64. The van der Waals surface area contributed by atoms with Gasteiger partial charge in [-0.25, -0.2) is 4.39 Å². The third kappa shape index (κ3) is 4.24. The first kappa shape index (κ1) is 26.0. The van der Waals surface area contributed by atoms with Gasteiger partial charge in [0.2, 0.25) is 5.91 Å². The van der Waals surface area contributed by atoms with E-state index in [9.17, 15) is 14.0 Å². The number of nitrogens with zero attached hydrogens (tertiary/aromatic N) is 4. The molecule has 0 radical (unpaired) electrons. The number of hydrogen-bond acceptors (Lipinski definition) is 3. The van der Waals surface area contributed by atoms with Crippen molar-refractivity contribution in [2.75, 3.05) is 37.6 Å². The first-order valence-electron chi connectivity index (χ1n) is 14.3. The number of aromatic nitrogens is 1. The molecule has 4 aromatic carbocycles. The normalized spacial score (nSPS) is 16.8. The Morgan fingerprint density at radius 1 is 0.810 bits per heavy atom. The lowest BCUT2D eigenvalue weighted by atomic mass is 9.93. The van der Waals surface area contributed by atoms with Crippen molar-refractivity contribution in [1.82, 2.24) is 14.4 Å². The van der Waals surface area contributed by atoms with Crippen molar-refractivity contribution in [3.05, 3.63) is 126 Å². The number of amides is 2. The molecule has 0 N–H and O–H groups in total. The number of halogens is 1. The van der Waals surface area contributed by atoms with Gasteiger partial charge in [0.1, 0.15) is 12.4 Å². The smallest absolute Gasteiger partial charge is 0.255 e. The predicted octanol–water partition coefficient (Wildman–Crippen LogP) is 5.88. The fourth-order valence-corrected chi connectivity index (χ4v) is 6.64. The van der Waals surface area contributed by atoms with Crippen LogP contribution in [-0.2, 0) is 11.8 Å². The molecule has 1 atom stereocenters. The summed E-state index contributed by atoms with van der Waals surface area (Å²) in [6.07, 6.45) is 0. The molecule has 210 valence electrons. The predicted molar refractivity (Wildman–Crippen MR) is 163 cm³/mol. The van der Waals surface area contributed by atoms with Gasteiger partial charge in [0, 0.05) is 55.3 Å². The van der Waals surface area contributed by atoms with Crippen molar-refractivity contribution < 1.29 is 14.0 Å². The first-order chi connectivity index (χ1) is 20.5. The maximum absolute atomic E-state index is 14.4. The molecule has 1 fully saturated rings. The van der Waals surface area contributed by atoms with Gasteiger partial charge in [-0.3, -0.25) is 9.59 Å². The molecule has 3 heterocycles. The minimum absolute atomic E-state index is 0.0324. The lowest BCUT2D eigenvalue weighted by molar-refractivity contribution is -0.132. The third-order valence-corrected chi connectivity index (χ3v) is 8.66. The summed E-state index contributed by atoms with van der Waals surface area (Å²) in [5, 5.41) is 1.06. The second-order valence-corrected chi connectivity index (χ2v) is 10.9. The van der Waals surface area contributed by atoms with Crippen LogP contribution in [0.3, 0.4) is 0 Å². The van der Waals surface area contributed by atoms with E-state index >= 15 is 0 Å². The summed E-state index contributed by atoms with van der Waals surface area (Å²) in [6, 6.07) is 32.5. The summed E-state index contributed by atoms with van der Waals surface area (Å²) < 4.78 is 16.6. The van der Waals surface area contributed by atoms with Gasteiger partial charge in [-0.05, 0) is 35.4 Å². The van der Waals surface area contributed by atoms with E-state index in [-0.39, 0.29) is 24.2 Å². The number of carbonyl (C=O) groups excluding carboxylic acids is 2. The maximum atomic E-state index is 14.4. The summed E-state index contributed by atoms with van der Waals surface area (Å²) in [6.45, 7) is 1.97. The molecular formula is C35H31FN4O2. The lowest BCUT2D eigenvalue weighted by Crippen LogP contribution is -2.51. The van der Waals surface area contributed by atoms with Crippen LogP contribution in [0, 0.1) is 5.82 Å². The molecule has 0 spiro atoms. The van der Waals surface area contributed by atoms with Crippen molar-refractivity contribution in [3.63, 3.8) is 0 Å². The highest BCUT2D eigenvalue weighted by Gasteiger charge is 2.42. The van der Waals surface area contributed by atoms with Gasteiger partial charge in [-0.15, -0.1) is 0 Å². The summed E-state index contributed by atoms with van der Waals surface area (Å²) >= 11 is 0. The first-order valence-corrected chi connectivity index (χ1v) is 14.3. The average molecular weight is 559 g/mol. The Morgan fingerprint density at radius 3 is 2.26 bits per heavy atom. The van der Waals surface area contributed by atoms with Crippen molar-refractivity contribution in [2.24, 2.45) is 7.05 Å². The van der Waals surface area contributed by atoms with E-state index < -0.39 is 6.04 Å². The second kappa shape index (κ2) is 10.5. The molecule has 7 rings (SSSR count). The SMILES string of the molecule is Cn1c(-c2ccccc2)c(C2c3ccccc3C(=O)N2CC(=O)N2CCN(c3ccccc3F)CC2)c2ccccc21. The van der Waals surface area contributed by atoms with E-state index in [0.29, 0.717) is 37.4 Å². The van der Waals surface area contributed by atoms with Gasteiger partial charge in [0.25, 0.3) is 5.91 Å². The second-order valence-electron chi connectivity index (χ2n) is 10.9. The van der Waals surface area contributed by atoms with Crippen LogP contribution in [-0.4, -0.2) is 58.9 Å². The minimum Gasteiger partial charge on any atom is -0.366 e. The molecular weight excluding hydrogens is 527 g/mol. The number of para-hydroxylation sites is 2. The standard InChI is InChI=1S/C35H31FN4O2/c1-37-29-17-9-7-15-27(29)32(33(37)24-11-3-2-4-12-24)34-25-13-5-6-14-26(25)35(42)40(34)23-31(41)39-21-19-38(20-22-39)30-18-10-8-16-28(30)36/h2-18,34H,19-23H2,1H3. The molecule has 0 aliphatic carbocycles. The molecule has 0 bridgehead atoms. The van der Waals surface area contributed by atoms with Crippen LogP contribution in [0.2, 0.25) is 0 Å². The summed E-state index contributed by atoms with van der Waals surface area (Å²) in [4.78, 5) is 33.3. The van der Waals surface area contributed by atoms with E-state index in [2.05, 4.69) is 35.9 Å². The topological polar surface area (TPSA) is 48.8 Å². The molecule has 1 unspecified atom stereocenters. The van der Waals surface area contributed by atoms with Crippen LogP contribution < -0.4 is 4.90 Å². The summed E-state index contributed by atoms with van der Waals surface area (Å²) in [5.41, 5.74) is 6.27. The minimum atomic E-state index is -0.418. The molecule has 2 aliphatic heterocycles. The Balaban J connectivity index is 1.25. The number of anilines is 1. The zero-order valence-corrected chi connectivity index (χ0v) is 23.4. The van der Waals surface area contributed by atoms with Crippen molar-refractivity contribution in [2.45, 2.75) is 6.04 Å². The quantitative estimate of drug-likeness (QED) is 0.271. The Morgan fingerprint density at radius 2 is 1.48 bits per heavy atom. The molecule has 2 amide bonds. The molecule has 6 nitrogen and oxygen atoms in total. The molecule has 0 saturated carbocycles. The van der Waals surface area contributed by atoms with Gasteiger partial charge in [0.15, 0.2) is 0 Å². The number of rotatable bonds is 5. The highest BCUT2D eigenvalue weighted by Crippen LogP contribution is 2.46. The van der Waals surface area contributed by atoms with Gasteiger partial charge in [-0.2, -0.15) is 0 Å². The lowest BCUT2D eigenvalue weighted by Gasteiger charge is -2.37. The van der Waals surface area contributed by atoms with Gasteiger partial charge in [0.05, 0.1) is 17.4 Å². The molecule has 5 aromatic rings. The fraction of sp³-hybridized carbons (Fsp3) is 0.200. The zero-order valence-electron chi connectivity index (χ0n) is 23.4. The Kier molecular flexibility index (Phi) is 6.50. The van der Waals surface area contributed by atoms with Gasteiger partial charge in [-0.1, -0.05) is 78.9 Å². The molecule has 42 heavy (non-hydrogen) atoms. The molecule has 7 heteroatoms. The van der Waals surface area contributed by atoms with Gasteiger partial charge < -0.3 is 19.3 Å². The van der Waals surface area contributed by atoms with E-state index in [1.807, 2.05) is 65.6 Å². The Labute approximate surface area is 244 Å². The highest BCUT2D eigenvalue weighted by atomic mass is 19.1. The van der Waals surface area contributed by atoms with Crippen LogP contribution in [0.5, 0.6) is 0 Å². The number of hydrogen-bond donors (Lipinski definition) is 0. The van der Waals surface area contributed by atoms with Crippen LogP contribution >= 0.6 is 0 Å². The van der Waals surface area contributed by atoms with E-state index in [0.717, 1.165) is 33.3 Å². The van der Waals surface area contributed by atoms with E-state index in [4.69, 9.17) is 0 Å². The summed E-state index contributed by atoms with van der Waals surface area (Å²) in [5.74, 6) is -0.499. The highest BCUT2D eigenvalue weighted by molar-refractivity contribution is 6.03. The molecule has 2 aliphatic rings. The van der Waals surface area contributed by atoms with Crippen LogP contribution in [0.1, 0.15) is 27.5 Å². The largest absolute Gasteiger partial charge is 0.366 e. The van der Waals surface area contributed by atoms with Crippen molar-refractivity contribution in [1.29, 1.82) is 0 Å². The zero-order chi connectivity index (χ0) is 28.8. The third-order valence-electron chi connectivity index (χ3n) is 8.66. The average Bonchev–Trinajstić information content (AvgIpc) is 3.48. The number of aryl methyl sites for hydroxylation is 1. The molecule has 1 aromatic heterocycles.